The molecule has 0 aliphatic carbocycles. The van der Waals surface area contributed by atoms with Gasteiger partial charge in [0.15, 0.2) is 0 Å². The zero-order chi connectivity index (χ0) is 26.2. The summed E-state index contributed by atoms with van der Waals surface area (Å²) in [6.45, 7) is 4.72. The number of hydrogen-bond donors (Lipinski definition) is 5. The summed E-state index contributed by atoms with van der Waals surface area (Å²) in [5.74, 6) is 0.480. The van der Waals surface area contributed by atoms with Gasteiger partial charge in [0, 0.05) is 49.5 Å². The van der Waals surface area contributed by atoms with Crippen LogP contribution >= 0.6 is 11.3 Å². The summed E-state index contributed by atoms with van der Waals surface area (Å²) in [5, 5.41) is 22.1. The second-order valence-electron chi connectivity index (χ2n) is 9.52. The van der Waals surface area contributed by atoms with Crippen molar-refractivity contribution < 1.29 is 4.79 Å². The first-order valence-electron chi connectivity index (χ1n) is 12.7. The highest BCUT2D eigenvalue weighted by Gasteiger charge is 2.28. The predicted octanol–water partition coefficient (Wildman–Crippen LogP) is 4.86. The van der Waals surface area contributed by atoms with Crippen LogP contribution in [0.5, 0.6) is 0 Å². The Morgan fingerprint density at radius 3 is 2.41 bits per heavy atom. The van der Waals surface area contributed by atoms with Crippen molar-refractivity contribution in [2.75, 3.05) is 56.7 Å². The van der Waals surface area contributed by atoms with Crippen LogP contribution in [0.3, 0.4) is 0 Å². The number of thiophene rings is 1. The Kier molecular flexibility index (Phi) is 9.16. The molecule has 5 N–H and O–H groups in total. The number of amides is 2. The van der Waals surface area contributed by atoms with Gasteiger partial charge in [-0.1, -0.05) is 30.3 Å². The Bertz CT molecular complexity index is 1190. The molecular weight excluding hydrogens is 482 g/mol. The third-order valence-corrected chi connectivity index (χ3v) is 7.59. The highest BCUT2D eigenvalue weighted by Crippen LogP contribution is 2.39. The molecule has 0 bridgehead atoms. The van der Waals surface area contributed by atoms with Crippen LogP contribution in [-0.2, 0) is 19.5 Å². The van der Waals surface area contributed by atoms with Gasteiger partial charge in [0.1, 0.15) is 5.84 Å². The number of nitrogens with one attached hydrogen (secondary N) is 5. The molecule has 4 rings (SSSR count). The van der Waals surface area contributed by atoms with E-state index in [-0.39, 0.29) is 6.03 Å². The summed E-state index contributed by atoms with van der Waals surface area (Å²) in [6.07, 6.45) is 1.94. The van der Waals surface area contributed by atoms with Gasteiger partial charge >= 0.3 is 6.03 Å². The highest BCUT2D eigenvalue weighted by atomic mass is 32.1. The van der Waals surface area contributed by atoms with Crippen LogP contribution in [0, 0.1) is 5.41 Å². The summed E-state index contributed by atoms with van der Waals surface area (Å²) in [7, 11) is 6.16. The molecule has 0 spiro atoms. The molecule has 196 valence electrons. The summed E-state index contributed by atoms with van der Waals surface area (Å²) < 4.78 is 0. The third-order valence-electron chi connectivity index (χ3n) is 6.36. The van der Waals surface area contributed by atoms with E-state index in [1.807, 2.05) is 61.6 Å². The van der Waals surface area contributed by atoms with Gasteiger partial charge < -0.3 is 26.2 Å². The highest BCUT2D eigenvalue weighted by molar-refractivity contribution is 7.16. The van der Waals surface area contributed by atoms with E-state index >= 15 is 0 Å². The molecule has 3 aromatic rings. The zero-order valence-electron chi connectivity index (χ0n) is 21.9. The molecular formula is C28H37N7OS. The second kappa shape index (κ2) is 12.7. The number of benzene rings is 2. The van der Waals surface area contributed by atoms with Gasteiger partial charge in [0.25, 0.3) is 0 Å². The molecule has 0 saturated heterocycles. The number of para-hydroxylation sites is 1. The molecule has 2 aromatic carbocycles. The van der Waals surface area contributed by atoms with Gasteiger partial charge in [0.2, 0.25) is 0 Å². The summed E-state index contributed by atoms with van der Waals surface area (Å²) >= 11 is 1.77. The number of hydrogen-bond acceptors (Lipinski definition) is 6. The number of amidine groups is 1. The minimum atomic E-state index is -0.269. The standard InChI is InChI=1S/C28H37N7OS/c1-30-27-25(23-18-35(19-24(23)37-27)17-7-16-34(2)3)26(29)31-15-14-20-10-12-22(13-11-20)33-28(36)32-21-8-5-4-6-9-21/h4-6,8-13,30H,7,14-19H2,1-3H3,(H2,29,31)(H2,32,33,36). The average molecular weight is 520 g/mol. The topological polar surface area (TPSA) is 95.5 Å². The molecule has 1 aliphatic heterocycles. The van der Waals surface area contributed by atoms with Crippen LogP contribution in [0.25, 0.3) is 0 Å². The number of nitrogens with zero attached hydrogens (tertiary/aromatic N) is 2. The number of carbonyl (C=O) groups excluding carboxylic acids is 1. The van der Waals surface area contributed by atoms with Gasteiger partial charge in [-0.2, -0.15) is 0 Å². The van der Waals surface area contributed by atoms with Crippen molar-refractivity contribution in [1.82, 2.24) is 15.1 Å². The Morgan fingerprint density at radius 2 is 1.73 bits per heavy atom. The van der Waals surface area contributed by atoms with Crippen molar-refractivity contribution in [3.8, 4) is 0 Å². The Balaban J connectivity index is 1.26. The second-order valence-corrected chi connectivity index (χ2v) is 10.6. The van der Waals surface area contributed by atoms with Crippen LogP contribution in [-0.4, -0.2) is 62.4 Å². The van der Waals surface area contributed by atoms with E-state index < -0.39 is 0 Å². The van der Waals surface area contributed by atoms with E-state index in [2.05, 4.69) is 45.2 Å². The molecule has 0 fully saturated rings. The van der Waals surface area contributed by atoms with Gasteiger partial charge in [-0.15, -0.1) is 11.3 Å². The molecule has 1 aromatic heterocycles. The lowest BCUT2D eigenvalue weighted by atomic mass is 10.1. The quantitative estimate of drug-likeness (QED) is 0.184. The van der Waals surface area contributed by atoms with E-state index in [1.54, 1.807) is 11.3 Å². The number of carbonyl (C=O) groups is 1. The maximum Gasteiger partial charge on any atom is 0.323 e. The maximum absolute atomic E-state index is 12.2. The smallest absolute Gasteiger partial charge is 0.323 e. The van der Waals surface area contributed by atoms with E-state index in [4.69, 9.17) is 5.41 Å². The molecule has 2 amide bonds. The van der Waals surface area contributed by atoms with E-state index in [9.17, 15) is 4.79 Å². The van der Waals surface area contributed by atoms with Crippen molar-refractivity contribution in [3.63, 3.8) is 0 Å². The fraction of sp³-hybridized carbons (Fsp3) is 0.357. The fourth-order valence-electron chi connectivity index (χ4n) is 4.49. The van der Waals surface area contributed by atoms with Crippen LogP contribution < -0.4 is 21.3 Å². The molecule has 0 saturated carbocycles. The molecule has 0 unspecified atom stereocenters. The normalized spacial score (nSPS) is 12.9. The number of anilines is 3. The lowest BCUT2D eigenvalue weighted by Gasteiger charge is -2.18. The Morgan fingerprint density at radius 1 is 1.03 bits per heavy atom. The van der Waals surface area contributed by atoms with Crippen molar-refractivity contribution in [2.24, 2.45) is 0 Å². The minimum absolute atomic E-state index is 0.269. The zero-order valence-corrected chi connectivity index (χ0v) is 22.7. The summed E-state index contributed by atoms with van der Waals surface area (Å²) in [5.41, 5.74) is 4.94. The number of urea groups is 1. The molecule has 0 radical (unpaired) electrons. The monoisotopic (exact) mass is 519 g/mol. The van der Waals surface area contributed by atoms with E-state index in [0.29, 0.717) is 12.4 Å². The molecule has 37 heavy (non-hydrogen) atoms. The molecule has 1 aliphatic rings. The van der Waals surface area contributed by atoms with Crippen molar-refractivity contribution in [1.29, 1.82) is 5.41 Å². The van der Waals surface area contributed by atoms with Gasteiger partial charge in [-0.25, -0.2) is 4.79 Å². The lowest BCUT2D eigenvalue weighted by molar-refractivity contribution is 0.262. The predicted molar refractivity (Wildman–Crippen MR) is 155 cm³/mol. The first kappa shape index (κ1) is 26.7. The molecule has 0 atom stereocenters. The minimum Gasteiger partial charge on any atom is -0.379 e. The van der Waals surface area contributed by atoms with Crippen LogP contribution in [0.2, 0.25) is 0 Å². The van der Waals surface area contributed by atoms with Crippen molar-refractivity contribution in [2.45, 2.75) is 25.9 Å². The van der Waals surface area contributed by atoms with Gasteiger partial charge in [0.05, 0.1) is 10.6 Å². The van der Waals surface area contributed by atoms with Gasteiger partial charge in [-0.3, -0.25) is 10.3 Å². The summed E-state index contributed by atoms with van der Waals surface area (Å²) in [4.78, 5) is 18.3. The Hall–Kier alpha value is -3.40. The average Bonchev–Trinajstić information content (AvgIpc) is 3.42. The Labute approximate surface area is 223 Å². The number of fused-ring (bicyclic) bond motifs is 1. The van der Waals surface area contributed by atoms with Crippen molar-refractivity contribution in [3.05, 3.63) is 76.2 Å². The number of rotatable bonds is 11. The largest absolute Gasteiger partial charge is 0.379 e. The summed E-state index contributed by atoms with van der Waals surface area (Å²) in [6, 6.07) is 16.9. The molecule has 9 heteroatoms. The van der Waals surface area contributed by atoms with Crippen LogP contribution in [0.4, 0.5) is 21.2 Å². The molecule has 2 heterocycles. The lowest BCUT2D eigenvalue weighted by Crippen LogP contribution is -2.27. The van der Waals surface area contributed by atoms with E-state index in [1.165, 1.54) is 10.4 Å². The van der Waals surface area contributed by atoms with Crippen molar-refractivity contribution >= 4 is 39.6 Å². The maximum atomic E-state index is 12.2. The SMILES string of the molecule is CNc1sc2c(c1C(=N)NCCc1ccc(NC(=O)Nc3ccccc3)cc1)CN(CCCN(C)C)C2. The van der Waals surface area contributed by atoms with E-state index in [0.717, 1.165) is 66.5 Å². The first-order valence-corrected chi connectivity index (χ1v) is 13.5. The van der Waals surface area contributed by atoms with Crippen LogP contribution in [0.15, 0.2) is 54.6 Å². The van der Waals surface area contributed by atoms with Crippen LogP contribution in [0.1, 0.15) is 28.0 Å². The molecule has 8 nitrogen and oxygen atoms in total. The first-order chi connectivity index (χ1) is 17.9. The fourth-order valence-corrected chi connectivity index (χ4v) is 5.70. The third kappa shape index (κ3) is 7.31. The van der Waals surface area contributed by atoms with Gasteiger partial charge in [-0.05, 0) is 68.9 Å².